The van der Waals surface area contributed by atoms with Gasteiger partial charge in [-0.25, -0.2) is 0 Å². The van der Waals surface area contributed by atoms with Gasteiger partial charge in [-0.2, -0.15) is 0 Å². The van der Waals surface area contributed by atoms with Gasteiger partial charge in [-0.15, -0.1) is 11.8 Å². The highest BCUT2D eigenvalue weighted by atomic mass is 35.5. The van der Waals surface area contributed by atoms with E-state index in [9.17, 15) is 4.79 Å². The van der Waals surface area contributed by atoms with Crippen molar-refractivity contribution in [2.45, 2.75) is 24.7 Å². The number of amides is 1. The summed E-state index contributed by atoms with van der Waals surface area (Å²) in [5, 5.41) is 4.29. The summed E-state index contributed by atoms with van der Waals surface area (Å²) in [6, 6.07) is 13.2. The monoisotopic (exact) mass is 408 g/mol. The molecule has 3 nitrogen and oxygen atoms in total. The Morgan fingerprint density at radius 3 is 2.50 bits per heavy atom. The molecule has 1 aliphatic heterocycles. The van der Waals surface area contributed by atoms with Crippen molar-refractivity contribution >= 4 is 52.2 Å². The van der Waals surface area contributed by atoms with Crippen LogP contribution in [0.15, 0.2) is 47.4 Å². The minimum absolute atomic E-state index is 0.0550. The molecule has 1 saturated heterocycles. The summed E-state index contributed by atoms with van der Waals surface area (Å²) in [6.45, 7) is 4.36. The molecule has 1 fully saturated rings. The highest BCUT2D eigenvalue weighted by Gasteiger charge is 2.18. The fraction of sp³-hybridized carbons (Fsp3) is 0.350. The van der Waals surface area contributed by atoms with Crippen LogP contribution in [-0.2, 0) is 4.79 Å². The van der Waals surface area contributed by atoms with E-state index in [1.165, 1.54) is 24.6 Å². The molecule has 0 saturated carbocycles. The molecule has 6 heteroatoms. The zero-order chi connectivity index (χ0) is 18.5. The first-order chi connectivity index (χ1) is 12.5. The molecule has 0 radical (unpaired) electrons. The lowest BCUT2D eigenvalue weighted by molar-refractivity contribution is -0.113. The van der Waals surface area contributed by atoms with Gasteiger partial charge < -0.3 is 10.2 Å². The lowest BCUT2D eigenvalue weighted by atomic mass is 9.99. The lowest BCUT2D eigenvalue weighted by Gasteiger charge is -2.32. The summed E-state index contributed by atoms with van der Waals surface area (Å²) in [7, 11) is 0. The van der Waals surface area contributed by atoms with Crippen LogP contribution in [0.1, 0.15) is 19.8 Å². The van der Waals surface area contributed by atoms with E-state index in [-0.39, 0.29) is 5.91 Å². The number of piperidine rings is 1. The second-order valence-corrected chi connectivity index (χ2v) is 8.52. The lowest BCUT2D eigenvalue weighted by Crippen LogP contribution is -2.32. The molecule has 0 unspecified atom stereocenters. The maximum atomic E-state index is 12.2. The van der Waals surface area contributed by atoms with Crippen molar-refractivity contribution < 1.29 is 4.79 Å². The number of nitrogens with zero attached hydrogens (tertiary/aromatic N) is 1. The number of rotatable bonds is 5. The van der Waals surface area contributed by atoms with E-state index in [2.05, 4.69) is 17.1 Å². The Labute approximate surface area is 169 Å². The van der Waals surface area contributed by atoms with Crippen molar-refractivity contribution in [2.75, 3.05) is 29.1 Å². The van der Waals surface area contributed by atoms with Gasteiger partial charge in [0.1, 0.15) is 0 Å². The summed E-state index contributed by atoms with van der Waals surface area (Å²) < 4.78 is 0. The molecule has 0 aromatic heterocycles. The minimum Gasteiger partial charge on any atom is -0.370 e. The van der Waals surface area contributed by atoms with E-state index >= 15 is 0 Å². The third-order valence-corrected chi connectivity index (χ3v) is 6.11. The molecule has 2 aromatic carbocycles. The molecule has 0 atom stereocenters. The molecule has 2 aromatic rings. The third-order valence-electron chi connectivity index (χ3n) is 4.54. The first kappa shape index (κ1) is 19.4. The number of nitrogens with one attached hydrogen (secondary N) is 1. The molecule has 0 spiro atoms. The maximum absolute atomic E-state index is 12.2. The number of halogens is 2. The average Bonchev–Trinajstić information content (AvgIpc) is 2.62. The molecule has 26 heavy (non-hydrogen) atoms. The molecule has 138 valence electrons. The molecule has 0 bridgehead atoms. The molecule has 1 N–H and O–H groups in total. The maximum Gasteiger partial charge on any atom is 0.234 e. The average molecular weight is 409 g/mol. The van der Waals surface area contributed by atoms with E-state index in [1.807, 2.05) is 42.5 Å². The molecule has 1 amide bonds. The predicted octanol–water partition coefficient (Wildman–Crippen LogP) is 5.96. The predicted molar refractivity (Wildman–Crippen MR) is 113 cm³/mol. The van der Waals surface area contributed by atoms with E-state index in [0.717, 1.165) is 35.3 Å². The second-order valence-electron chi connectivity index (χ2n) is 6.63. The Kier molecular flexibility index (Phi) is 6.74. The van der Waals surface area contributed by atoms with Crippen molar-refractivity contribution in [2.24, 2.45) is 5.92 Å². The number of carbonyl (C=O) groups excluding carboxylic acids is 1. The summed E-state index contributed by atoms with van der Waals surface area (Å²) in [4.78, 5) is 15.5. The topological polar surface area (TPSA) is 32.3 Å². The Hall–Kier alpha value is -1.36. The molecule has 1 aliphatic rings. The van der Waals surface area contributed by atoms with Crippen LogP contribution in [0.25, 0.3) is 0 Å². The summed E-state index contributed by atoms with van der Waals surface area (Å²) in [6.07, 6.45) is 2.38. The van der Waals surface area contributed by atoms with Gasteiger partial charge in [0.15, 0.2) is 0 Å². The fourth-order valence-electron chi connectivity index (χ4n) is 2.97. The van der Waals surface area contributed by atoms with E-state index in [1.54, 1.807) is 0 Å². The Bertz CT molecular complexity index is 759. The number of hydrogen-bond acceptors (Lipinski definition) is 3. The van der Waals surface area contributed by atoms with Gasteiger partial charge in [-0.3, -0.25) is 4.79 Å². The number of carbonyl (C=O) groups is 1. The van der Waals surface area contributed by atoms with E-state index in [0.29, 0.717) is 15.8 Å². The Morgan fingerprint density at radius 2 is 1.85 bits per heavy atom. The number of anilines is 2. The van der Waals surface area contributed by atoms with Crippen LogP contribution in [0, 0.1) is 5.92 Å². The summed E-state index contributed by atoms with van der Waals surface area (Å²) in [5.74, 6) is 1.06. The Balaban J connectivity index is 1.55. The van der Waals surface area contributed by atoms with Crippen LogP contribution >= 0.6 is 35.0 Å². The van der Waals surface area contributed by atoms with Crippen LogP contribution in [0.2, 0.25) is 10.0 Å². The van der Waals surface area contributed by atoms with Gasteiger partial charge >= 0.3 is 0 Å². The largest absolute Gasteiger partial charge is 0.370 e. The molecular weight excluding hydrogens is 387 g/mol. The van der Waals surface area contributed by atoms with Crippen LogP contribution in [0.5, 0.6) is 0 Å². The molecule has 0 aliphatic carbocycles. The van der Waals surface area contributed by atoms with Crippen LogP contribution in [0.4, 0.5) is 11.4 Å². The highest BCUT2D eigenvalue weighted by molar-refractivity contribution is 8.00. The SMILES string of the molecule is CC1CCN(c2ccc(NC(=O)CSc3ccc(Cl)cc3)cc2Cl)CC1. The van der Waals surface area contributed by atoms with Crippen LogP contribution in [0.3, 0.4) is 0 Å². The highest BCUT2D eigenvalue weighted by Crippen LogP contribution is 2.32. The first-order valence-corrected chi connectivity index (χ1v) is 10.5. The van der Waals surface area contributed by atoms with E-state index in [4.69, 9.17) is 23.2 Å². The fourth-order valence-corrected chi connectivity index (χ4v) is 4.09. The van der Waals surface area contributed by atoms with Gasteiger partial charge in [-0.1, -0.05) is 30.1 Å². The summed E-state index contributed by atoms with van der Waals surface area (Å²) in [5.41, 5.74) is 1.78. The van der Waals surface area contributed by atoms with E-state index < -0.39 is 0 Å². The van der Waals surface area contributed by atoms with Crippen molar-refractivity contribution in [3.8, 4) is 0 Å². The van der Waals surface area contributed by atoms with Gasteiger partial charge in [0.2, 0.25) is 5.91 Å². The third kappa shape index (κ3) is 5.32. The van der Waals surface area contributed by atoms with Crippen LogP contribution in [-0.4, -0.2) is 24.7 Å². The first-order valence-electron chi connectivity index (χ1n) is 8.74. The standard InChI is InChI=1S/C20H22Cl2N2OS/c1-14-8-10-24(11-9-14)19-7-4-16(12-18(19)22)23-20(25)13-26-17-5-2-15(21)3-6-17/h2-7,12,14H,8-11,13H2,1H3,(H,23,25). The zero-order valence-electron chi connectivity index (χ0n) is 14.7. The van der Waals surface area contributed by atoms with Gasteiger partial charge in [0.05, 0.1) is 16.5 Å². The zero-order valence-corrected chi connectivity index (χ0v) is 17.0. The Morgan fingerprint density at radius 1 is 1.15 bits per heavy atom. The molecule has 1 heterocycles. The quantitative estimate of drug-likeness (QED) is 0.619. The van der Waals surface area contributed by atoms with Crippen molar-refractivity contribution in [3.63, 3.8) is 0 Å². The number of thioether (sulfide) groups is 1. The van der Waals surface area contributed by atoms with Crippen molar-refractivity contribution in [1.29, 1.82) is 0 Å². The van der Waals surface area contributed by atoms with Gasteiger partial charge in [-0.05, 0) is 61.2 Å². The molecule has 3 rings (SSSR count). The van der Waals surface area contributed by atoms with Crippen LogP contribution < -0.4 is 10.2 Å². The van der Waals surface area contributed by atoms with Crippen molar-refractivity contribution in [3.05, 3.63) is 52.5 Å². The van der Waals surface area contributed by atoms with Gasteiger partial charge in [0.25, 0.3) is 0 Å². The minimum atomic E-state index is -0.0550. The second kappa shape index (κ2) is 9.03. The molecular formula is C20H22Cl2N2OS. The van der Waals surface area contributed by atoms with Crippen molar-refractivity contribution in [1.82, 2.24) is 0 Å². The number of hydrogen-bond donors (Lipinski definition) is 1. The smallest absolute Gasteiger partial charge is 0.234 e. The number of benzene rings is 2. The van der Waals surface area contributed by atoms with Gasteiger partial charge in [0, 0.05) is 28.7 Å². The normalized spacial score (nSPS) is 15.1. The summed E-state index contributed by atoms with van der Waals surface area (Å²) >= 11 is 13.8.